The van der Waals surface area contributed by atoms with Crippen molar-refractivity contribution in [1.82, 2.24) is 0 Å². The van der Waals surface area contributed by atoms with Gasteiger partial charge in [0.1, 0.15) is 0 Å². The fraction of sp³-hybridized carbons (Fsp3) is 0. The minimum atomic E-state index is 1.38. The normalized spacial score (nSPS) is 11.8. The fourth-order valence-electron chi connectivity index (χ4n) is 2.31. The summed E-state index contributed by atoms with van der Waals surface area (Å²) in [5.41, 5.74) is 0. The molecule has 2 aromatic heterocycles. The summed E-state index contributed by atoms with van der Waals surface area (Å²) in [5.74, 6) is 0. The smallest absolute Gasteiger partial charge is 0.0349 e. The minimum Gasteiger partial charge on any atom is -0.144 e. The van der Waals surface area contributed by atoms with Crippen LogP contribution >= 0.6 is 22.7 Å². The molecular weight excluding hydrogens is 232 g/mol. The van der Waals surface area contributed by atoms with Gasteiger partial charge in [-0.3, -0.25) is 0 Å². The first-order chi connectivity index (χ1) is 7.93. The second-order valence-corrected chi connectivity index (χ2v) is 5.79. The zero-order chi connectivity index (χ0) is 10.5. The highest BCUT2D eigenvalue weighted by molar-refractivity contribution is 7.17. The number of thiophene rings is 2. The quantitative estimate of drug-likeness (QED) is 0.393. The molecule has 0 aliphatic rings. The van der Waals surface area contributed by atoms with Crippen LogP contribution in [0.25, 0.3) is 30.9 Å². The Hall–Kier alpha value is -1.38. The molecule has 16 heavy (non-hydrogen) atoms. The Labute approximate surface area is 101 Å². The Balaban J connectivity index is 2.38. The Morgan fingerprint density at radius 2 is 1.00 bits per heavy atom. The molecule has 0 saturated heterocycles. The highest BCUT2D eigenvalue weighted by Gasteiger charge is 2.05. The third-order valence-corrected chi connectivity index (χ3v) is 4.83. The van der Waals surface area contributed by atoms with Crippen molar-refractivity contribution in [2.45, 2.75) is 0 Å². The lowest BCUT2D eigenvalue weighted by atomic mass is 10.0. The first-order valence-corrected chi connectivity index (χ1v) is 6.95. The molecule has 0 aliphatic heterocycles. The third kappa shape index (κ3) is 1.03. The molecule has 0 unspecified atom stereocenters. The van der Waals surface area contributed by atoms with E-state index >= 15 is 0 Å². The maximum absolute atomic E-state index is 2.25. The largest absolute Gasteiger partial charge is 0.144 e. The Kier molecular flexibility index (Phi) is 1.67. The zero-order valence-corrected chi connectivity index (χ0v) is 10.1. The fourth-order valence-corrected chi connectivity index (χ4v) is 3.92. The van der Waals surface area contributed by atoms with Crippen molar-refractivity contribution in [3.8, 4) is 0 Å². The summed E-state index contributed by atoms with van der Waals surface area (Å²) in [6, 6.07) is 13.4. The zero-order valence-electron chi connectivity index (χ0n) is 8.44. The lowest BCUT2D eigenvalue weighted by molar-refractivity contribution is 1.94. The molecular formula is C14H8S2. The average Bonchev–Trinajstić information content (AvgIpc) is 2.96. The highest BCUT2D eigenvalue weighted by atomic mass is 32.1. The molecule has 0 atom stereocenters. The van der Waals surface area contributed by atoms with Gasteiger partial charge in [-0.15, -0.1) is 22.7 Å². The van der Waals surface area contributed by atoms with E-state index in [1.54, 1.807) is 0 Å². The lowest BCUT2D eigenvalue weighted by Gasteiger charge is -2.01. The number of rotatable bonds is 0. The van der Waals surface area contributed by atoms with Crippen LogP contribution in [0.1, 0.15) is 0 Å². The first kappa shape index (κ1) is 8.74. The summed E-state index contributed by atoms with van der Waals surface area (Å²) in [5, 5.41) is 9.87. The predicted molar refractivity (Wildman–Crippen MR) is 74.7 cm³/mol. The van der Waals surface area contributed by atoms with Crippen molar-refractivity contribution in [3.63, 3.8) is 0 Å². The SMILES string of the molecule is c1cc2c(ccc3c4ccsc4ccc23)s1. The molecule has 2 aromatic carbocycles. The van der Waals surface area contributed by atoms with Crippen LogP contribution in [-0.4, -0.2) is 0 Å². The highest BCUT2D eigenvalue weighted by Crippen LogP contribution is 2.34. The molecule has 2 heteroatoms. The van der Waals surface area contributed by atoms with Crippen molar-refractivity contribution < 1.29 is 0 Å². The Morgan fingerprint density at radius 1 is 0.500 bits per heavy atom. The molecule has 0 saturated carbocycles. The predicted octanol–water partition coefficient (Wildman–Crippen LogP) is 5.27. The first-order valence-electron chi connectivity index (χ1n) is 5.20. The molecule has 0 radical (unpaired) electrons. The standard InChI is InChI=1S/C14H8S2/c1-3-13-12(6-8-15-13)10-2-4-14-11(9(1)10)5-7-16-14/h1-8H. The van der Waals surface area contributed by atoms with Crippen LogP contribution in [0.5, 0.6) is 0 Å². The van der Waals surface area contributed by atoms with Crippen molar-refractivity contribution in [2.24, 2.45) is 0 Å². The molecule has 0 N–H and O–H groups in total. The van der Waals surface area contributed by atoms with E-state index in [1.165, 1.54) is 30.9 Å². The van der Waals surface area contributed by atoms with Gasteiger partial charge >= 0.3 is 0 Å². The van der Waals surface area contributed by atoms with Gasteiger partial charge in [0.2, 0.25) is 0 Å². The van der Waals surface area contributed by atoms with Crippen LogP contribution in [0.4, 0.5) is 0 Å². The lowest BCUT2D eigenvalue weighted by Crippen LogP contribution is -1.73. The van der Waals surface area contributed by atoms with Crippen molar-refractivity contribution in [2.75, 3.05) is 0 Å². The molecule has 0 nitrogen and oxygen atoms in total. The second kappa shape index (κ2) is 3.06. The summed E-state index contributed by atoms with van der Waals surface area (Å²) in [4.78, 5) is 0. The van der Waals surface area contributed by atoms with Gasteiger partial charge in [-0.2, -0.15) is 0 Å². The molecule has 0 fully saturated rings. The van der Waals surface area contributed by atoms with Crippen LogP contribution in [0, 0.1) is 0 Å². The van der Waals surface area contributed by atoms with E-state index in [9.17, 15) is 0 Å². The summed E-state index contributed by atoms with van der Waals surface area (Å²) < 4.78 is 2.75. The summed E-state index contributed by atoms with van der Waals surface area (Å²) >= 11 is 3.62. The number of fused-ring (bicyclic) bond motifs is 5. The molecule has 4 aromatic rings. The van der Waals surface area contributed by atoms with E-state index in [2.05, 4.69) is 47.2 Å². The molecule has 0 aliphatic carbocycles. The van der Waals surface area contributed by atoms with E-state index in [1.807, 2.05) is 22.7 Å². The van der Waals surface area contributed by atoms with Crippen LogP contribution in [0.2, 0.25) is 0 Å². The Morgan fingerprint density at radius 3 is 1.50 bits per heavy atom. The monoisotopic (exact) mass is 240 g/mol. The van der Waals surface area contributed by atoms with Crippen LogP contribution in [0.3, 0.4) is 0 Å². The van der Waals surface area contributed by atoms with E-state index in [0.717, 1.165) is 0 Å². The van der Waals surface area contributed by atoms with Crippen LogP contribution in [0.15, 0.2) is 47.2 Å². The molecule has 76 valence electrons. The second-order valence-electron chi connectivity index (χ2n) is 3.89. The Bertz CT molecular complexity index is 735. The summed E-state index contributed by atoms with van der Waals surface area (Å²) in [7, 11) is 0. The summed E-state index contributed by atoms with van der Waals surface area (Å²) in [6.07, 6.45) is 0. The van der Waals surface area contributed by atoms with E-state index in [0.29, 0.717) is 0 Å². The maximum atomic E-state index is 2.25. The van der Waals surface area contributed by atoms with Gasteiger partial charge in [0.25, 0.3) is 0 Å². The molecule has 2 heterocycles. The van der Waals surface area contributed by atoms with Crippen LogP contribution < -0.4 is 0 Å². The van der Waals surface area contributed by atoms with E-state index in [4.69, 9.17) is 0 Å². The number of benzene rings is 2. The van der Waals surface area contributed by atoms with Crippen molar-refractivity contribution >= 4 is 53.6 Å². The molecule has 0 spiro atoms. The van der Waals surface area contributed by atoms with E-state index < -0.39 is 0 Å². The maximum Gasteiger partial charge on any atom is 0.0349 e. The number of hydrogen-bond acceptors (Lipinski definition) is 2. The van der Waals surface area contributed by atoms with Gasteiger partial charge in [-0.1, -0.05) is 12.1 Å². The molecule has 4 rings (SSSR count). The van der Waals surface area contributed by atoms with Crippen molar-refractivity contribution in [1.29, 1.82) is 0 Å². The van der Waals surface area contributed by atoms with Crippen molar-refractivity contribution in [3.05, 3.63) is 47.2 Å². The molecule has 0 bridgehead atoms. The van der Waals surface area contributed by atoms with Gasteiger partial charge < -0.3 is 0 Å². The van der Waals surface area contributed by atoms with Gasteiger partial charge in [0, 0.05) is 20.2 Å². The van der Waals surface area contributed by atoms with Gasteiger partial charge in [-0.25, -0.2) is 0 Å². The summed E-state index contributed by atoms with van der Waals surface area (Å²) in [6.45, 7) is 0. The average molecular weight is 240 g/mol. The van der Waals surface area contributed by atoms with Gasteiger partial charge in [0.15, 0.2) is 0 Å². The minimum absolute atomic E-state index is 1.38. The van der Waals surface area contributed by atoms with Gasteiger partial charge in [-0.05, 0) is 45.8 Å². The van der Waals surface area contributed by atoms with E-state index in [-0.39, 0.29) is 0 Å². The number of hydrogen-bond donors (Lipinski definition) is 0. The molecule has 0 amide bonds. The third-order valence-electron chi connectivity index (χ3n) is 3.06. The topological polar surface area (TPSA) is 0 Å². The van der Waals surface area contributed by atoms with Gasteiger partial charge in [0.05, 0.1) is 0 Å². The van der Waals surface area contributed by atoms with Crippen LogP contribution in [-0.2, 0) is 0 Å².